The third-order valence-electron chi connectivity index (χ3n) is 4.23. The van der Waals surface area contributed by atoms with E-state index in [2.05, 4.69) is 16.6 Å². The molecule has 3 aromatic carbocycles. The third kappa shape index (κ3) is 5.87. The molecule has 2 N–H and O–H groups in total. The predicted molar refractivity (Wildman–Crippen MR) is 124 cm³/mol. The molecule has 3 rings (SSSR count). The van der Waals surface area contributed by atoms with Crippen LogP contribution < -0.4 is 14.8 Å². The second-order valence-electron chi connectivity index (χ2n) is 6.70. The molecule has 0 aliphatic carbocycles. The molecule has 8 heteroatoms. The topological polar surface area (TPSA) is 84.5 Å². The molecule has 0 spiro atoms. The van der Waals surface area contributed by atoms with Gasteiger partial charge >= 0.3 is 0 Å². The number of benzene rings is 3. The highest BCUT2D eigenvalue weighted by Gasteiger charge is 2.20. The largest absolute Gasteiger partial charge is 0.490 e. The second-order valence-corrected chi connectivity index (χ2v) is 8.76. The molecule has 6 nitrogen and oxygen atoms in total. The van der Waals surface area contributed by atoms with Crippen LogP contribution in [0.25, 0.3) is 0 Å². The van der Waals surface area contributed by atoms with Crippen LogP contribution >= 0.6 is 11.6 Å². The first kappa shape index (κ1) is 22.4. The molecule has 0 aliphatic heterocycles. The highest BCUT2D eigenvalue weighted by Crippen LogP contribution is 2.26. The first-order valence-electron chi connectivity index (χ1n) is 9.32. The van der Waals surface area contributed by atoms with Crippen LogP contribution in [0.1, 0.15) is 15.9 Å². The van der Waals surface area contributed by atoms with E-state index >= 15 is 0 Å². The van der Waals surface area contributed by atoms with Gasteiger partial charge in [-0.1, -0.05) is 36.4 Å². The lowest BCUT2D eigenvalue weighted by Gasteiger charge is -2.12. The van der Waals surface area contributed by atoms with E-state index in [0.717, 1.165) is 5.56 Å². The number of anilines is 2. The van der Waals surface area contributed by atoms with Crippen molar-refractivity contribution in [3.8, 4) is 5.75 Å². The summed E-state index contributed by atoms with van der Waals surface area (Å²) >= 11 is 6.13. The van der Waals surface area contributed by atoms with Gasteiger partial charge in [0.2, 0.25) is 0 Å². The zero-order valence-corrected chi connectivity index (χ0v) is 18.3. The van der Waals surface area contributed by atoms with Crippen molar-refractivity contribution in [3.05, 3.63) is 95.5 Å². The van der Waals surface area contributed by atoms with Gasteiger partial charge in [-0.3, -0.25) is 9.52 Å². The summed E-state index contributed by atoms with van der Waals surface area (Å²) < 4.78 is 33.6. The van der Waals surface area contributed by atoms with Crippen LogP contribution in [0.3, 0.4) is 0 Å². The molecule has 0 aromatic heterocycles. The number of halogens is 1. The van der Waals surface area contributed by atoms with Crippen molar-refractivity contribution in [1.29, 1.82) is 0 Å². The van der Waals surface area contributed by atoms with E-state index in [1.54, 1.807) is 48.5 Å². The molecule has 0 heterocycles. The highest BCUT2D eigenvalue weighted by molar-refractivity contribution is 7.92. The van der Waals surface area contributed by atoms with Gasteiger partial charge in [-0.2, -0.15) is 0 Å². The van der Waals surface area contributed by atoms with Gasteiger partial charge < -0.3 is 10.1 Å². The maximum Gasteiger partial charge on any atom is 0.263 e. The van der Waals surface area contributed by atoms with Gasteiger partial charge in [-0.05, 0) is 67.1 Å². The lowest BCUT2D eigenvalue weighted by atomic mass is 10.2. The van der Waals surface area contributed by atoms with Crippen molar-refractivity contribution in [2.75, 3.05) is 16.6 Å². The molecule has 0 fully saturated rings. The summed E-state index contributed by atoms with van der Waals surface area (Å²) in [5.74, 6) is 0.170. The van der Waals surface area contributed by atoms with Gasteiger partial charge in [0.05, 0.1) is 5.02 Å². The first-order chi connectivity index (χ1) is 14.8. The van der Waals surface area contributed by atoms with E-state index in [9.17, 15) is 13.2 Å². The fourth-order valence-corrected chi connectivity index (χ4v) is 4.34. The monoisotopic (exact) mass is 456 g/mol. The Bertz CT molecular complexity index is 1210. The lowest BCUT2D eigenvalue weighted by molar-refractivity contribution is 0.102. The summed E-state index contributed by atoms with van der Waals surface area (Å²) in [6, 6.07) is 17.8. The Morgan fingerprint density at radius 1 is 1.06 bits per heavy atom. The molecule has 0 aliphatic rings. The molecule has 0 bridgehead atoms. The van der Waals surface area contributed by atoms with Crippen molar-refractivity contribution in [1.82, 2.24) is 0 Å². The van der Waals surface area contributed by atoms with E-state index in [4.69, 9.17) is 16.3 Å². The zero-order chi connectivity index (χ0) is 22.4. The number of ether oxygens (including phenoxy) is 1. The van der Waals surface area contributed by atoms with E-state index < -0.39 is 15.9 Å². The smallest absolute Gasteiger partial charge is 0.263 e. The van der Waals surface area contributed by atoms with Crippen molar-refractivity contribution < 1.29 is 17.9 Å². The first-order valence-corrected chi connectivity index (χ1v) is 11.2. The number of aryl methyl sites for hydroxylation is 1. The Balaban J connectivity index is 1.79. The van der Waals surface area contributed by atoms with Gasteiger partial charge in [0.15, 0.2) is 0 Å². The van der Waals surface area contributed by atoms with Crippen LogP contribution in [0, 0.1) is 6.92 Å². The summed E-state index contributed by atoms with van der Waals surface area (Å²) in [6.07, 6.45) is 1.63. The standard InChI is InChI=1S/C23H21ClN2O4S/c1-3-13-30-20-10-8-18(9-11-20)25-23(27)17-7-12-21(24)22(15-17)31(28,29)26-19-6-4-5-16(2)14-19/h3-12,14-15,26H,1,13H2,2H3,(H,25,27). The summed E-state index contributed by atoms with van der Waals surface area (Å²) in [5, 5.41) is 2.74. The van der Waals surface area contributed by atoms with Gasteiger partial charge in [0.25, 0.3) is 15.9 Å². The maximum atomic E-state index is 12.8. The summed E-state index contributed by atoms with van der Waals surface area (Å²) in [5.41, 5.74) is 2.00. The minimum atomic E-state index is -3.99. The summed E-state index contributed by atoms with van der Waals surface area (Å²) in [4.78, 5) is 12.5. The minimum absolute atomic E-state index is 0.0143. The van der Waals surface area contributed by atoms with Crippen molar-refractivity contribution in [2.24, 2.45) is 0 Å². The van der Waals surface area contributed by atoms with Gasteiger partial charge in [0, 0.05) is 16.9 Å². The van der Waals surface area contributed by atoms with Crippen LogP contribution in [0.5, 0.6) is 5.75 Å². The van der Waals surface area contributed by atoms with E-state index in [1.165, 1.54) is 18.2 Å². The maximum absolute atomic E-state index is 12.8. The Kier molecular flexibility index (Phi) is 6.99. The predicted octanol–water partition coefficient (Wildman–Crippen LogP) is 5.27. The molecular weight excluding hydrogens is 436 g/mol. The Hall–Kier alpha value is -3.29. The minimum Gasteiger partial charge on any atom is -0.490 e. The van der Waals surface area contributed by atoms with Crippen LogP contribution in [0.2, 0.25) is 5.02 Å². The number of carbonyl (C=O) groups excluding carboxylic acids is 1. The molecule has 1 amide bonds. The molecule has 0 saturated carbocycles. The molecular formula is C23H21ClN2O4S. The molecule has 0 atom stereocenters. The van der Waals surface area contributed by atoms with Gasteiger partial charge in [0.1, 0.15) is 17.3 Å². The highest BCUT2D eigenvalue weighted by atomic mass is 35.5. The van der Waals surface area contributed by atoms with Gasteiger partial charge in [-0.15, -0.1) is 0 Å². The number of hydrogen-bond acceptors (Lipinski definition) is 4. The van der Waals surface area contributed by atoms with Crippen LogP contribution in [0.4, 0.5) is 11.4 Å². The molecule has 3 aromatic rings. The van der Waals surface area contributed by atoms with Crippen molar-refractivity contribution in [2.45, 2.75) is 11.8 Å². The average molecular weight is 457 g/mol. The molecule has 0 radical (unpaired) electrons. The van der Waals surface area contributed by atoms with Crippen molar-refractivity contribution >= 4 is 38.9 Å². The SMILES string of the molecule is C=CCOc1ccc(NC(=O)c2ccc(Cl)c(S(=O)(=O)Nc3cccc(C)c3)c2)cc1. The fourth-order valence-electron chi connectivity index (χ4n) is 2.76. The third-order valence-corrected chi connectivity index (χ3v) is 6.10. The molecule has 0 saturated heterocycles. The van der Waals surface area contributed by atoms with Crippen LogP contribution in [0.15, 0.2) is 84.3 Å². The summed E-state index contributed by atoms with van der Waals surface area (Å²) in [6.45, 7) is 5.82. The van der Waals surface area contributed by atoms with Crippen LogP contribution in [-0.2, 0) is 10.0 Å². The average Bonchev–Trinajstić information content (AvgIpc) is 2.73. The van der Waals surface area contributed by atoms with E-state index in [-0.39, 0.29) is 15.5 Å². The number of hydrogen-bond donors (Lipinski definition) is 2. The quantitative estimate of drug-likeness (QED) is 0.452. The Labute approximate surface area is 186 Å². The molecule has 0 unspecified atom stereocenters. The molecule has 160 valence electrons. The number of sulfonamides is 1. The van der Waals surface area contributed by atoms with Crippen molar-refractivity contribution in [3.63, 3.8) is 0 Å². The van der Waals surface area contributed by atoms with Gasteiger partial charge in [-0.25, -0.2) is 8.42 Å². The fraction of sp³-hybridized carbons (Fsp3) is 0.0870. The number of rotatable bonds is 8. The van der Waals surface area contributed by atoms with E-state index in [1.807, 2.05) is 13.0 Å². The lowest BCUT2D eigenvalue weighted by Crippen LogP contribution is -2.16. The second kappa shape index (κ2) is 9.68. The zero-order valence-electron chi connectivity index (χ0n) is 16.8. The summed E-state index contributed by atoms with van der Waals surface area (Å²) in [7, 11) is -3.99. The number of nitrogens with one attached hydrogen (secondary N) is 2. The van der Waals surface area contributed by atoms with E-state index in [0.29, 0.717) is 23.7 Å². The number of amides is 1. The number of carbonyl (C=O) groups is 1. The normalized spacial score (nSPS) is 10.9. The Morgan fingerprint density at radius 2 is 1.81 bits per heavy atom. The molecule has 31 heavy (non-hydrogen) atoms. The van der Waals surface area contributed by atoms with Crippen LogP contribution in [-0.4, -0.2) is 20.9 Å². The Morgan fingerprint density at radius 3 is 2.48 bits per heavy atom.